The SMILES string of the molecule is Cn1nc2c(=O)n(CC3(O)CCNCC3)cnc2c1C(F)(F)F. The summed E-state index contributed by atoms with van der Waals surface area (Å²) in [5, 5.41) is 17.2. The van der Waals surface area contributed by atoms with Gasteiger partial charge in [0.15, 0.2) is 11.2 Å². The highest BCUT2D eigenvalue weighted by Crippen LogP contribution is 2.32. The van der Waals surface area contributed by atoms with Crippen molar-refractivity contribution in [2.45, 2.75) is 31.2 Å². The number of fused-ring (bicyclic) bond motifs is 1. The van der Waals surface area contributed by atoms with Crippen molar-refractivity contribution in [3.8, 4) is 0 Å². The molecule has 2 N–H and O–H groups in total. The fourth-order valence-electron chi connectivity index (χ4n) is 2.89. The van der Waals surface area contributed by atoms with Crippen LogP contribution in [0.5, 0.6) is 0 Å². The molecular weight excluding hydrogens is 315 g/mol. The van der Waals surface area contributed by atoms with Crippen LogP contribution in [-0.4, -0.2) is 43.1 Å². The zero-order chi connectivity index (χ0) is 16.8. The Hall–Kier alpha value is -1.94. The Morgan fingerprint density at radius 2 is 2.00 bits per heavy atom. The first-order chi connectivity index (χ1) is 10.7. The number of aromatic nitrogens is 4. The Morgan fingerprint density at radius 1 is 1.35 bits per heavy atom. The molecule has 7 nitrogen and oxygen atoms in total. The van der Waals surface area contributed by atoms with E-state index in [-0.39, 0.29) is 12.1 Å². The minimum atomic E-state index is -4.65. The Kier molecular flexibility index (Phi) is 3.68. The molecule has 1 aliphatic heterocycles. The monoisotopic (exact) mass is 331 g/mol. The second kappa shape index (κ2) is 5.31. The van der Waals surface area contributed by atoms with Gasteiger partial charge in [0.25, 0.3) is 5.56 Å². The van der Waals surface area contributed by atoms with Crippen LogP contribution in [0.2, 0.25) is 0 Å². The number of nitrogens with one attached hydrogen (secondary N) is 1. The van der Waals surface area contributed by atoms with Gasteiger partial charge in [0.05, 0.1) is 18.5 Å². The maximum absolute atomic E-state index is 13.0. The molecule has 2 aromatic rings. The van der Waals surface area contributed by atoms with Crippen molar-refractivity contribution in [3.63, 3.8) is 0 Å². The van der Waals surface area contributed by atoms with Gasteiger partial charge in [0.1, 0.15) is 5.52 Å². The molecule has 2 aromatic heterocycles. The van der Waals surface area contributed by atoms with Crippen molar-refractivity contribution in [3.05, 3.63) is 22.4 Å². The lowest BCUT2D eigenvalue weighted by atomic mass is 9.92. The molecule has 3 rings (SSSR count). The van der Waals surface area contributed by atoms with Crippen LogP contribution in [0.4, 0.5) is 13.2 Å². The Morgan fingerprint density at radius 3 is 2.61 bits per heavy atom. The molecule has 1 fully saturated rings. The third kappa shape index (κ3) is 2.83. The van der Waals surface area contributed by atoms with Gasteiger partial charge in [0, 0.05) is 7.05 Å². The molecule has 0 radical (unpaired) electrons. The Bertz CT molecular complexity index is 789. The molecule has 0 aromatic carbocycles. The van der Waals surface area contributed by atoms with Crippen LogP contribution in [0.25, 0.3) is 11.0 Å². The molecular formula is C13H16F3N5O2. The van der Waals surface area contributed by atoms with Crippen LogP contribution in [0, 0.1) is 0 Å². The fraction of sp³-hybridized carbons (Fsp3) is 0.615. The van der Waals surface area contributed by atoms with Crippen molar-refractivity contribution in [2.75, 3.05) is 13.1 Å². The summed E-state index contributed by atoms with van der Waals surface area (Å²) in [6.07, 6.45) is -2.70. The van der Waals surface area contributed by atoms with E-state index in [2.05, 4.69) is 15.4 Å². The van der Waals surface area contributed by atoms with Crippen LogP contribution >= 0.6 is 0 Å². The van der Waals surface area contributed by atoms with Crippen molar-refractivity contribution in [2.24, 2.45) is 7.05 Å². The predicted octanol–water partition coefficient (Wildman–Crippen LogP) is 0.263. The number of alkyl halides is 3. The fourth-order valence-corrected chi connectivity index (χ4v) is 2.89. The molecule has 0 spiro atoms. The van der Waals surface area contributed by atoms with E-state index in [1.165, 1.54) is 0 Å². The summed E-state index contributed by atoms with van der Waals surface area (Å²) in [6.45, 7) is 1.21. The van der Waals surface area contributed by atoms with Gasteiger partial charge in [-0.25, -0.2) is 4.98 Å². The molecule has 0 unspecified atom stereocenters. The number of aryl methyl sites for hydroxylation is 1. The molecule has 0 atom stereocenters. The van der Waals surface area contributed by atoms with Gasteiger partial charge in [-0.3, -0.25) is 14.0 Å². The summed E-state index contributed by atoms with van der Waals surface area (Å²) in [6, 6.07) is 0. The summed E-state index contributed by atoms with van der Waals surface area (Å²) in [7, 11) is 1.12. The van der Waals surface area contributed by atoms with Crippen LogP contribution in [0.15, 0.2) is 11.1 Å². The Labute approximate surface area is 128 Å². The average Bonchev–Trinajstić information content (AvgIpc) is 2.80. The van der Waals surface area contributed by atoms with E-state index >= 15 is 0 Å². The third-order valence-electron chi connectivity index (χ3n) is 4.08. The van der Waals surface area contributed by atoms with Gasteiger partial charge in [-0.2, -0.15) is 18.3 Å². The number of halogens is 3. The van der Waals surface area contributed by atoms with Gasteiger partial charge >= 0.3 is 6.18 Å². The van der Waals surface area contributed by atoms with Crippen LogP contribution in [0.1, 0.15) is 18.5 Å². The summed E-state index contributed by atoms with van der Waals surface area (Å²) < 4.78 is 40.8. The molecule has 0 saturated carbocycles. The summed E-state index contributed by atoms with van der Waals surface area (Å²) in [4.78, 5) is 16.1. The van der Waals surface area contributed by atoms with Gasteiger partial charge < -0.3 is 10.4 Å². The average molecular weight is 331 g/mol. The number of hydrogen-bond acceptors (Lipinski definition) is 5. The Balaban J connectivity index is 2.05. The predicted molar refractivity (Wildman–Crippen MR) is 74.8 cm³/mol. The van der Waals surface area contributed by atoms with Crippen LogP contribution < -0.4 is 10.9 Å². The lowest BCUT2D eigenvalue weighted by molar-refractivity contribution is -0.142. The summed E-state index contributed by atoms with van der Waals surface area (Å²) >= 11 is 0. The molecule has 23 heavy (non-hydrogen) atoms. The molecule has 0 amide bonds. The maximum Gasteiger partial charge on any atom is 0.435 e. The molecule has 1 saturated heterocycles. The highest BCUT2D eigenvalue weighted by Gasteiger charge is 2.39. The molecule has 1 aliphatic rings. The molecule has 126 valence electrons. The van der Waals surface area contributed by atoms with E-state index in [1.54, 1.807) is 0 Å². The van der Waals surface area contributed by atoms with Gasteiger partial charge in [-0.15, -0.1) is 0 Å². The highest BCUT2D eigenvalue weighted by molar-refractivity contribution is 5.76. The molecule has 3 heterocycles. The van der Waals surface area contributed by atoms with E-state index in [1.807, 2.05) is 0 Å². The lowest BCUT2D eigenvalue weighted by Gasteiger charge is -2.32. The number of nitrogens with zero attached hydrogens (tertiary/aromatic N) is 4. The van der Waals surface area contributed by atoms with Crippen molar-refractivity contribution < 1.29 is 18.3 Å². The maximum atomic E-state index is 13.0. The number of rotatable bonds is 2. The normalized spacial score (nSPS) is 18.5. The zero-order valence-electron chi connectivity index (χ0n) is 12.4. The summed E-state index contributed by atoms with van der Waals surface area (Å²) in [5.74, 6) is 0. The van der Waals surface area contributed by atoms with E-state index < -0.39 is 28.5 Å². The third-order valence-corrected chi connectivity index (χ3v) is 4.08. The van der Waals surface area contributed by atoms with Gasteiger partial charge in [-0.1, -0.05) is 0 Å². The van der Waals surface area contributed by atoms with E-state index in [0.717, 1.165) is 17.9 Å². The number of aliphatic hydroxyl groups is 1. The standard InChI is InChI=1S/C13H16F3N5O2/c1-20-10(13(14,15)16)8-9(19-20)11(22)21(7-18-8)6-12(23)2-4-17-5-3-12/h7,17,23H,2-6H2,1H3. The number of piperidine rings is 1. The van der Waals surface area contributed by atoms with E-state index in [4.69, 9.17) is 0 Å². The van der Waals surface area contributed by atoms with Crippen LogP contribution in [-0.2, 0) is 19.8 Å². The minimum Gasteiger partial charge on any atom is -0.388 e. The van der Waals surface area contributed by atoms with E-state index in [9.17, 15) is 23.1 Å². The zero-order valence-corrected chi connectivity index (χ0v) is 12.4. The first-order valence-corrected chi connectivity index (χ1v) is 7.14. The summed E-state index contributed by atoms with van der Waals surface area (Å²) in [5.41, 5.74) is -3.64. The first-order valence-electron chi connectivity index (χ1n) is 7.14. The molecule has 0 aliphatic carbocycles. The first kappa shape index (κ1) is 15.9. The largest absolute Gasteiger partial charge is 0.435 e. The molecule has 10 heteroatoms. The highest BCUT2D eigenvalue weighted by atomic mass is 19.4. The van der Waals surface area contributed by atoms with Crippen molar-refractivity contribution in [1.29, 1.82) is 0 Å². The van der Waals surface area contributed by atoms with Gasteiger partial charge in [-0.05, 0) is 25.9 Å². The van der Waals surface area contributed by atoms with Crippen molar-refractivity contribution >= 4 is 11.0 Å². The lowest BCUT2D eigenvalue weighted by Crippen LogP contribution is -2.46. The van der Waals surface area contributed by atoms with Gasteiger partial charge in [0.2, 0.25) is 0 Å². The number of hydrogen-bond donors (Lipinski definition) is 2. The second-order valence-electron chi connectivity index (χ2n) is 5.82. The topological polar surface area (TPSA) is 85.0 Å². The molecule has 0 bridgehead atoms. The minimum absolute atomic E-state index is 0.0195. The quantitative estimate of drug-likeness (QED) is 0.825. The second-order valence-corrected chi connectivity index (χ2v) is 5.82. The van der Waals surface area contributed by atoms with E-state index in [0.29, 0.717) is 30.6 Å². The smallest absolute Gasteiger partial charge is 0.388 e. The van der Waals surface area contributed by atoms with Crippen LogP contribution in [0.3, 0.4) is 0 Å². The van der Waals surface area contributed by atoms with Crippen molar-refractivity contribution in [1.82, 2.24) is 24.6 Å².